The van der Waals surface area contributed by atoms with Crippen LogP contribution in [-0.2, 0) is 10.0 Å². The highest BCUT2D eigenvalue weighted by Gasteiger charge is 2.31. The van der Waals surface area contributed by atoms with Crippen molar-refractivity contribution in [2.75, 3.05) is 6.54 Å². The maximum Gasteiger partial charge on any atom is 0.573 e. The first-order chi connectivity index (χ1) is 13.1. The van der Waals surface area contributed by atoms with Crippen LogP contribution in [0, 0.1) is 0 Å². The Labute approximate surface area is 158 Å². The lowest BCUT2D eigenvalue weighted by molar-refractivity contribution is -0.274. The van der Waals surface area contributed by atoms with Crippen LogP contribution in [0.1, 0.15) is 18.3 Å². The van der Waals surface area contributed by atoms with Crippen molar-refractivity contribution in [3.63, 3.8) is 0 Å². The first-order valence-corrected chi connectivity index (χ1v) is 9.64. The van der Waals surface area contributed by atoms with Crippen LogP contribution in [0.15, 0.2) is 63.9 Å². The summed E-state index contributed by atoms with van der Waals surface area (Å²) >= 11 is 0. The second-order valence-electron chi connectivity index (χ2n) is 5.91. The minimum atomic E-state index is -4.86. The molecule has 0 saturated heterocycles. The fraction of sp³-hybridized carbons (Fsp3) is 0.222. The zero-order chi connectivity index (χ0) is 20.4. The van der Waals surface area contributed by atoms with Gasteiger partial charge in [0, 0.05) is 11.9 Å². The summed E-state index contributed by atoms with van der Waals surface area (Å²) in [5, 5.41) is 11.0. The molecule has 1 atom stereocenters. The molecule has 0 saturated carbocycles. The molecule has 0 bridgehead atoms. The summed E-state index contributed by atoms with van der Waals surface area (Å²) in [5.41, 5.74) is 0.610. The van der Waals surface area contributed by atoms with Gasteiger partial charge in [-0.25, -0.2) is 13.1 Å². The number of halogens is 3. The van der Waals surface area contributed by atoms with Crippen molar-refractivity contribution >= 4 is 21.0 Å². The first-order valence-electron chi connectivity index (χ1n) is 8.16. The maximum atomic E-state index is 12.2. The highest BCUT2D eigenvalue weighted by molar-refractivity contribution is 7.89. The molecule has 3 rings (SSSR count). The summed E-state index contributed by atoms with van der Waals surface area (Å²) in [4.78, 5) is -0.222. The van der Waals surface area contributed by atoms with Crippen molar-refractivity contribution in [3.8, 4) is 5.75 Å². The summed E-state index contributed by atoms with van der Waals surface area (Å²) in [6, 6.07) is 12.7. The molecule has 0 unspecified atom stereocenters. The number of fused-ring (bicyclic) bond motifs is 1. The van der Waals surface area contributed by atoms with E-state index in [2.05, 4.69) is 9.46 Å². The van der Waals surface area contributed by atoms with Gasteiger partial charge in [0.1, 0.15) is 23.2 Å². The molecular formula is C18H16F3NO5S. The van der Waals surface area contributed by atoms with Crippen LogP contribution in [0.5, 0.6) is 5.75 Å². The van der Waals surface area contributed by atoms with Crippen LogP contribution in [0.25, 0.3) is 11.0 Å². The number of furan rings is 1. The Kier molecular flexibility index (Phi) is 5.64. The minimum Gasteiger partial charge on any atom is -0.458 e. The van der Waals surface area contributed by atoms with Crippen LogP contribution in [0.3, 0.4) is 0 Å². The number of alkyl halides is 3. The molecule has 0 amide bonds. The van der Waals surface area contributed by atoms with E-state index in [1.165, 1.54) is 0 Å². The normalized spacial score (nSPS) is 13.6. The first kappa shape index (κ1) is 20.2. The Morgan fingerprint density at radius 2 is 1.79 bits per heavy atom. The predicted octanol–water partition coefficient (Wildman–Crippen LogP) is 3.73. The summed E-state index contributed by atoms with van der Waals surface area (Å²) in [6.07, 6.45) is -5.82. The van der Waals surface area contributed by atoms with Crippen molar-refractivity contribution in [1.82, 2.24) is 4.72 Å². The van der Waals surface area contributed by atoms with E-state index in [0.29, 0.717) is 11.3 Å². The van der Waals surface area contributed by atoms with Gasteiger partial charge in [0.25, 0.3) is 0 Å². The molecule has 1 aromatic heterocycles. The Morgan fingerprint density at radius 1 is 1.11 bits per heavy atom. The van der Waals surface area contributed by atoms with Gasteiger partial charge in [-0.05, 0) is 42.8 Å². The molecule has 2 N–H and O–H groups in total. The van der Waals surface area contributed by atoms with Gasteiger partial charge in [-0.15, -0.1) is 13.2 Å². The lowest BCUT2D eigenvalue weighted by atomic mass is 10.2. The fourth-order valence-electron chi connectivity index (χ4n) is 2.54. The topological polar surface area (TPSA) is 88.8 Å². The van der Waals surface area contributed by atoms with Crippen molar-refractivity contribution in [3.05, 3.63) is 60.4 Å². The smallest absolute Gasteiger partial charge is 0.458 e. The van der Waals surface area contributed by atoms with Gasteiger partial charge in [0.05, 0.1) is 4.90 Å². The molecule has 0 radical (unpaired) electrons. The van der Waals surface area contributed by atoms with E-state index in [1.54, 1.807) is 18.2 Å². The second kappa shape index (κ2) is 7.82. The fourth-order valence-corrected chi connectivity index (χ4v) is 3.59. The zero-order valence-corrected chi connectivity index (χ0v) is 15.1. The van der Waals surface area contributed by atoms with Gasteiger partial charge in [0.15, 0.2) is 0 Å². The van der Waals surface area contributed by atoms with Crippen LogP contribution < -0.4 is 9.46 Å². The van der Waals surface area contributed by atoms with Crippen molar-refractivity contribution in [2.45, 2.75) is 23.8 Å². The van der Waals surface area contributed by atoms with Gasteiger partial charge < -0.3 is 14.3 Å². The van der Waals surface area contributed by atoms with E-state index in [0.717, 1.165) is 29.7 Å². The predicted molar refractivity (Wildman–Crippen MR) is 94.1 cm³/mol. The van der Waals surface area contributed by atoms with E-state index in [-0.39, 0.29) is 17.9 Å². The molecule has 0 aliphatic rings. The monoisotopic (exact) mass is 415 g/mol. The molecule has 0 aliphatic heterocycles. The summed E-state index contributed by atoms with van der Waals surface area (Å²) in [7, 11) is -3.95. The Hall–Kier alpha value is -2.56. The summed E-state index contributed by atoms with van der Waals surface area (Å²) < 4.78 is 72.3. The van der Waals surface area contributed by atoms with Crippen LogP contribution in [0.2, 0.25) is 0 Å². The number of para-hydroxylation sites is 1. The van der Waals surface area contributed by atoms with Gasteiger partial charge >= 0.3 is 6.36 Å². The van der Waals surface area contributed by atoms with Crippen LogP contribution in [0.4, 0.5) is 13.2 Å². The van der Waals surface area contributed by atoms with Crippen molar-refractivity contribution < 1.29 is 35.8 Å². The summed E-state index contributed by atoms with van der Waals surface area (Å²) in [5.74, 6) is -0.208. The van der Waals surface area contributed by atoms with E-state index in [4.69, 9.17) is 4.42 Å². The molecule has 2 aromatic carbocycles. The standard InChI is InChI=1S/C18H16F3NO5S/c19-18(20,21)27-13-5-7-14(8-6-13)28(24,25)22-10-9-15(23)17-11-12-3-1-2-4-16(12)26-17/h1-8,11,15,22-23H,9-10H2/t15-/m1/s1. The lowest BCUT2D eigenvalue weighted by Crippen LogP contribution is -2.26. The second-order valence-corrected chi connectivity index (χ2v) is 7.68. The molecule has 3 aromatic rings. The Bertz CT molecular complexity index is 1010. The number of aliphatic hydroxyl groups is 1. The number of ether oxygens (including phenoxy) is 1. The van der Waals surface area contributed by atoms with Gasteiger partial charge in [-0.2, -0.15) is 0 Å². The van der Waals surface area contributed by atoms with E-state index in [1.807, 2.05) is 12.1 Å². The van der Waals surface area contributed by atoms with E-state index < -0.39 is 28.2 Å². The van der Waals surface area contributed by atoms with E-state index >= 15 is 0 Å². The molecule has 10 heteroatoms. The molecule has 0 spiro atoms. The average molecular weight is 415 g/mol. The number of benzene rings is 2. The number of aliphatic hydroxyl groups excluding tert-OH is 1. The largest absolute Gasteiger partial charge is 0.573 e. The molecule has 1 heterocycles. The molecule has 150 valence electrons. The molecule has 0 fully saturated rings. The van der Waals surface area contributed by atoms with Gasteiger partial charge in [-0.1, -0.05) is 18.2 Å². The molecular weight excluding hydrogens is 399 g/mol. The SMILES string of the molecule is O=S(=O)(NCC[C@@H](O)c1cc2ccccc2o1)c1ccc(OC(F)(F)F)cc1. The number of nitrogens with one attached hydrogen (secondary N) is 1. The van der Waals surface area contributed by atoms with Crippen LogP contribution >= 0.6 is 0 Å². The number of sulfonamides is 1. The third kappa shape index (κ3) is 5.03. The Morgan fingerprint density at radius 3 is 2.43 bits per heavy atom. The maximum absolute atomic E-state index is 12.2. The van der Waals surface area contributed by atoms with Crippen molar-refractivity contribution in [1.29, 1.82) is 0 Å². The summed E-state index contributed by atoms with van der Waals surface area (Å²) in [6.45, 7) is -0.0959. The minimum absolute atomic E-state index is 0.0499. The quantitative estimate of drug-likeness (QED) is 0.614. The van der Waals surface area contributed by atoms with Crippen LogP contribution in [-0.4, -0.2) is 26.4 Å². The zero-order valence-electron chi connectivity index (χ0n) is 14.3. The highest BCUT2D eigenvalue weighted by atomic mass is 32.2. The third-order valence-corrected chi connectivity index (χ3v) is 5.33. The third-order valence-electron chi connectivity index (χ3n) is 3.85. The van der Waals surface area contributed by atoms with Gasteiger partial charge in [0.2, 0.25) is 10.0 Å². The lowest BCUT2D eigenvalue weighted by Gasteiger charge is -2.11. The number of hydrogen-bond donors (Lipinski definition) is 2. The van der Waals surface area contributed by atoms with E-state index in [9.17, 15) is 26.7 Å². The molecule has 6 nitrogen and oxygen atoms in total. The number of rotatable bonds is 7. The highest BCUT2D eigenvalue weighted by Crippen LogP contribution is 2.26. The van der Waals surface area contributed by atoms with Gasteiger partial charge in [-0.3, -0.25) is 0 Å². The Balaban J connectivity index is 1.58. The average Bonchev–Trinajstić information content (AvgIpc) is 3.05. The molecule has 28 heavy (non-hydrogen) atoms. The molecule has 0 aliphatic carbocycles. The number of hydrogen-bond acceptors (Lipinski definition) is 5. The van der Waals surface area contributed by atoms with Crippen molar-refractivity contribution in [2.24, 2.45) is 0 Å².